The summed E-state index contributed by atoms with van der Waals surface area (Å²) >= 11 is 0. The minimum atomic E-state index is -0.0760. The van der Waals surface area contributed by atoms with Crippen molar-refractivity contribution in [3.63, 3.8) is 0 Å². The maximum atomic E-state index is 12.8. The molecule has 7 atom stereocenters. The van der Waals surface area contributed by atoms with Crippen LogP contribution in [-0.4, -0.2) is 11.9 Å². The number of ether oxygens (including phenoxy) is 1. The van der Waals surface area contributed by atoms with Crippen molar-refractivity contribution in [2.75, 3.05) is 0 Å². The smallest absolute Gasteiger partial charge is 0.139 e. The molecule has 0 saturated heterocycles. The number of hydrogen-bond donors (Lipinski definition) is 0. The number of fused-ring (bicyclic) bond motifs is 5. The minimum absolute atomic E-state index is 0.0760. The van der Waals surface area contributed by atoms with Crippen LogP contribution in [-0.2, 0) is 16.1 Å². The molecule has 0 bridgehead atoms. The summed E-state index contributed by atoms with van der Waals surface area (Å²) < 4.78 is 6.71. The van der Waals surface area contributed by atoms with Crippen molar-refractivity contribution >= 4 is 5.78 Å². The molecule has 32 heavy (non-hydrogen) atoms. The molecule has 5 rings (SSSR count). The van der Waals surface area contributed by atoms with Gasteiger partial charge in [-0.15, -0.1) is 0 Å². The van der Waals surface area contributed by atoms with Gasteiger partial charge in [0.1, 0.15) is 5.78 Å². The molecule has 178 valence electrons. The maximum Gasteiger partial charge on any atom is 0.139 e. The molecule has 1 aromatic carbocycles. The average molecular weight is 439 g/mol. The Kier molecular flexibility index (Phi) is 7.50. The molecule has 0 N–H and O–H groups in total. The summed E-state index contributed by atoms with van der Waals surface area (Å²) in [6.07, 6.45) is 14.0. The summed E-state index contributed by atoms with van der Waals surface area (Å²) in [6.45, 7) is 9.96. The van der Waals surface area contributed by atoms with Crippen LogP contribution >= 0.6 is 0 Å². The van der Waals surface area contributed by atoms with E-state index in [1.54, 1.807) is 0 Å². The fourth-order valence-corrected chi connectivity index (χ4v) is 7.96. The molecule has 0 amide bonds. The lowest BCUT2D eigenvalue weighted by Crippen LogP contribution is -2.58. The molecule has 4 aliphatic carbocycles. The van der Waals surface area contributed by atoms with E-state index >= 15 is 0 Å². The molecule has 0 heterocycles. The molecular weight excluding hydrogens is 392 g/mol. The van der Waals surface area contributed by atoms with Gasteiger partial charge in [0.05, 0.1) is 12.7 Å². The highest BCUT2D eigenvalue weighted by atomic mass is 16.5. The van der Waals surface area contributed by atoms with Crippen molar-refractivity contribution in [3.05, 3.63) is 35.9 Å². The molecule has 0 radical (unpaired) electrons. The average Bonchev–Trinajstić information content (AvgIpc) is 3.12. The lowest BCUT2D eigenvalue weighted by molar-refractivity contribution is -0.179. The fourth-order valence-electron chi connectivity index (χ4n) is 7.96. The number of ketones is 1. The maximum absolute atomic E-state index is 12.8. The second-order valence-corrected chi connectivity index (χ2v) is 11.7. The van der Waals surface area contributed by atoms with Gasteiger partial charge in [-0.25, -0.2) is 0 Å². The van der Waals surface area contributed by atoms with Crippen LogP contribution in [0.4, 0.5) is 0 Å². The number of carbonyl (C=O) groups is 1. The van der Waals surface area contributed by atoms with Crippen LogP contribution in [0.3, 0.4) is 0 Å². The summed E-state index contributed by atoms with van der Waals surface area (Å²) in [4.78, 5) is 12.8. The molecule has 4 saturated carbocycles. The third kappa shape index (κ3) is 4.33. The first kappa shape index (κ1) is 24.0. The minimum Gasteiger partial charge on any atom is -0.373 e. The van der Waals surface area contributed by atoms with Gasteiger partial charge < -0.3 is 4.74 Å². The van der Waals surface area contributed by atoms with E-state index in [-0.39, 0.29) is 5.41 Å². The number of Topliss-reactive ketones (excluding diaryl/α,β-unsaturated/α-hetero) is 1. The van der Waals surface area contributed by atoms with E-state index in [1.807, 2.05) is 0 Å². The van der Waals surface area contributed by atoms with Crippen LogP contribution in [0.2, 0.25) is 0 Å². The Morgan fingerprint density at radius 1 is 0.938 bits per heavy atom. The molecule has 0 aromatic heterocycles. The van der Waals surface area contributed by atoms with Crippen molar-refractivity contribution in [2.45, 2.75) is 111 Å². The Balaban J connectivity index is 0.000000567. The van der Waals surface area contributed by atoms with E-state index in [9.17, 15) is 4.79 Å². The van der Waals surface area contributed by atoms with Crippen molar-refractivity contribution in [1.29, 1.82) is 0 Å². The van der Waals surface area contributed by atoms with Crippen molar-refractivity contribution in [2.24, 2.45) is 34.5 Å². The summed E-state index contributed by atoms with van der Waals surface area (Å²) in [5.74, 6) is 3.21. The molecule has 1 aromatic rings. The first-order valence-corrected chi connectivity index (χ1v) is 13.6. The van der Waals surface area contributed by atoms with Crippen molar-refractivity contribution in [3.8, 4) is 0 Å². The van der Waals surface area contributed by atoms with Crippen LogP contribution < -0.4 is 0 Å². The SMILES string of the molecule is CC12CCC3C(C(OCc4ccccc4)CC4CCCCC43C)C1CCC2=O.CCCC. The standard InChI is InChI=1S/C26H36O2.C4H10/c1-25-14-7-6-10-19(25)16-22(28-17-18-8-4-3-5-9-18)24-20-11-12-23(27)26(20,2)15-13-21(24)25;1-3-4-2/h3-5,8-9,19-22,24H,6-7,10-17H2,1-2H3;3-4H2,1-2H3. The van der Waals surface area contributed by atoms with Crippen molar-refractivity contribution in [1.82, 2.24) is 0 Å². The van der Waals surface area contributed by atoms with Gasteiger partial charge in [0.15, 0.2) is 0 Å². The third-order valence-corrected chi connectivity index (χ3v) is 10.1. The predicted molar refractivity (Wildman–Crippen MR) is 132 cm³/mol. The van der Waals surface area contributed by atoms with Crippen LogP contribution in [0.1, 0.15) is 104 Å². The quantitative estimate of drug-likeness (QED) is 0.476. The van der Waals surface area contributed by atoms with Gasteiger partial charge in [-0.05, 0) is 73.2 Å². The van der Waals surface area contributed by atoms with Gasteiger partial charge >= 0.3 is 0 Å². The Hall–Kier alpha value is -1.15. The molecule has 4 fully saturated rings. The van der Waals surface area contributed by atoms with E-state index in [0.717, 1.165) is 37.7 Å². The lowest BCUT2D eigenvalue weighted by Gasteiger charge is -2.61. The molecular formula is C30H46O2. The lowest BCUT2D eigenvalue weighted by atomic mass is 9.44. The van der Waals surface area contributed by atoms with Crippen LogP contribution in [0.25, 0.3) is 0 Å². The number of carbonyl (C=O) groups excluding carboxylic acids is 1. The van der Waals surface area contributed by atoms with Gasteiger partial charge in [0.25, 0.3) is 0 Å². The molecule has 0 spiro atoms. The van der Waals surface area contributed by atoms with Crippen molar-refractivity contribution < 1.29 is 9.53 Å². The molecule has 0 aliphatic heterocycles. The van der Waals surface area contributed by atoms with Crippen LogP contribution in [0.5, 0.6) is 0 Å². The molecule has 7 unspecified atom stereocenters. The number of rotatable bonds is 4. The summed E-state index contributed by atoms with van der Waals surface area (Å²) in [7, 11) is 0. The molecule has 2 heteroatoms. The normalized spacial score (nSPS) is 40.5. The van der Waals surface area contributed by atoms with Gasteiger partial charge in [0.2, 0.25) is 0 Å². The first-order chi connectivity index (χ1) is 15.4. The van der Waals surface area contributed by atoms with E-state index in [1.165, 1.54) is 56.9 Å². The third-order valence-electron chi connectivity index (χ3n) is 10.1. The van der Waals surface area contributed by atoms with Gasteiger partial charge in [-0.3, -0.25) is 4.79 Å². The predicted octanol–water partition coefficient (Wildman–Crippen LogP) is 7.99. The zero-order valence-electron chi connectivity index (χ0n) is 21.1. The van der Waals surface area contributed by atoms with Crippen LogP contribution in [0.15, 0.2) is 30.3 Å². The monoisotopic (exact) mass is 438 g/mol. The second kappa shape index (κ2) is 10.00. The van der Waals surface area contributed by atoms with Gasteiger partial charge in [-0.1, -0.05) is 83.7 Å². The van der Waals surface area contributed by atoms with Gasteiger partial charge in [-0.2, -0.15) is 0 Å². The fraction of sp³-hybridized carbons (Fsp3) is 0.767. The highest BCUT2D eigenvalue weighted by Crippen LogP contribution is 2.65. The Labute approximate surface area is 196 Å². The Morgan fingerprint density at radius 2 is 1.69 bits per heavy atom. The van der Waals surface area contributed by atoms with E-state index in [2.05, 4.69) is 58.0 Å². The summed E-state index contributed by atoms with van der Waals surface area (Å²) in [5, 5.41) is 0. The first-order valence-electron chi connectivity index (χ1n) is 13.6. The zero-order chi connectivity index (χ0) is 22.8. The molecule has 4 aliphatic rings. The van der Waals surface area contributed by atoms with E-state index in [4.69, 9.17) is 4.74 Å². The second-order valence-electron chi connectivity index (χ2n) is 11.7. The van der Waals surface area contributed by atoms with Gasteiger partial charge in [0, 0.05) is 11.8 Å². The van der Waals surface area contributed by atoms with E-state index < -0.39 is 0 Å². The largest absolute Gasteiger partial charge is 0.373 e. The van der Waals surface area contributed by atoms with E-state index in [0.29, 0.717) is 29.1 Å². The number of benzene rings is 1. The number of hydrogen-bond acceptors (Lipinski definition) is 2. The Morgan fingerprint density at radius 3 is 2.41 bits per heavy atom. The number of unbranched alkanes of at least 4 members (excludes halogenated alkanes) is 1. The highest BCUT2D eigenvalue weighted by molar-refractivity contribution is 5.87. The summed E-state index contributed by atoms with van der Waals surface area (Å²) in [6, 6.07) is 10.6. The highest BCUT2D eigenvalue weighted by Gasteiger charge is 2.62. The molecule has 2 nitrogen and oxygen atoms in total. The van der Waals surface area contributed by atoms with Crippen LogP contribution in [0, 0.1) is 34.5 Å². The summed E-state index contributed by atoms with van der Waals surface area (Å²) in [5.41, 5.74) is 1.67. The topological polar surface area (TPSA) is 26.3 Å². The Bertz CT molecular complexity index is 755. The zero-order valence-corrected chi connectivity index (χ0v) is 21.1.